The van der Waals surface area contributed by atoms with Crippen LogP contribution in [0.25, 0.3) is 32.4 Å². The van der Waals surface area contributed by atoms with Gasteiger partial charge < -0.3 is 20.7 Å². The van der Waals surface area contributed by atoms with Gasteiger partial charge in [0.25, 0.3) is 11.5 Å². The predicted molar refractivity (Wildman–Crippen MR) is 173 cm³/mol. The SMILES string of the molecule is N#Cc1c(OC[C@@]23CCCN2C[C@H](F)C3)nc2cc(-c3ccc(F)c4sc(N)nc34)n(C3CC3(F)F)c(=O)c2c1N1CC2CCC(C1)N2. The van der Waals surface area contributed by atoms with Gasteiger partial charge in [-0.1, -0.05) is 11.3 Å². The smallest absolute Gasteiger partial charge is 0.270 e. The van der Waals surface area contributed by atoms with Gasteiger partial charge in [-0.3, -0.25) is 14.3 Å². The lowest BCUT2D eigenvalue weighted by molar-refractivity contribution is 0.100. The Bertz CT molecular complexity index is 2100. The van der Waals surface area contributed by atoms with Crippen LogP contribution in [0.1, 0.15) is 50.1 Å². The highest BCUT2D eigenvalue weighted by Crippen LogP contribution is 2.54. The van der Waals surface area contributed by atoms with Crippen LogP contribution < -0.4 is 26.2 Å². The third kappa shape index (κ3) is 4.52. The first-order chi connectivity index (χ1) is 23.0. The zero-order chi connectivity index (χ0) is 33.1. The molecule has 3 N–H and O–H groups in total. The summed E-state index contributed by atoms with van der Waals surface area (Å²) in [5.41, 5.74) is 5.72. The van der Waals surface area contributed by atoms with E-state index in [0.717, 1.165) is 48.1 Å². The van der Waals surface area contributed by atoms with E-state index in [4.69, 9.17) is 15.5 Å². The summed E-state index contributed by atoms with van der Waals surface area (Å²) >= 11 is 0.927. The van der Waals surface area contributed by atoms with E-state index in [1.54, 1.807) is 0 Å². The van der Waals surface area contributed by atoms with Crippen LogP contribution in [0.5, 0.6) is 5.88 Å². The van der Waals surface area contributed by atoms with Gasteiger partial charge in [0.2, 0.25) is 5.88 Å². The first-order valence-corrected chi connectivity index (χ1v) is 17.2. The second-order valence-electron chi connectivity index (χ2n) is 13.9. The fourth-order valence-electron chi connectivity index (χ4n) is 8.66. The Morgan fingerprint density at radius 1 is 1.17 bits per heavy atom. The Hall–Kier alpha value is -4.00. The van der Waals surface area contributed by atoms with Gasteiger partial charge in [0.05, 0.1) is 38.0 Å². The van der Waals surface area contributed by atoms with E-state index < -0.39 is 41.5 Å². The zero-order valence-corrected chi connectivity index (χ0v) is 26.6. The highest BCUT2D eigenvalue weighted by atomic mass is 32.1. The summed E-state index contributed by atoms with van der Waals surface area (Å²) in [6.07, 6.45) is 2.31. The van der Waals surface area contributed by atoms with Gasteiger partial charge in [-0.05, 0) is 50.4 Å². The molecule has 48 heavy (non-hydrogen) atoms. The summed E-state index contributed by atoms with van der Waals surface area (Å²) in [5, 5.41) is 14.3. The maximum atomic E-state index is 14.9. The van der Waals surface area contributed by atoms with Crippen molar-refractivity contribution in [2.24, 2.45) is 0 Å². The van der Waals surface area contributed by atoms with Gasteiger partial charge in [0.15, 0.2) is 5.13 Å². The normalized spacial score (nSPS) is 29.1. The van der Waals surface area contributed by atoms with Crippen molar-refractivity contribution < 1.29 is 22.3 Å². The van der Waals surface area contributed by atoms with Gasteiger partial charge in [0.1, 0.15) is 36.3 Å². The Kier molecular flexibility index (Phi) is 6.58. The molecule has 5 aliphatic rings. The van der Waals surface area contributed by atoms with Crippen molar-refractivity contribution in [3.63, 3.8) is 0 Å². The molecule has 2 bridgehead atoms. The van der Waals surface area contributed by atoms with Crippen LogP contribution in [0, 0.1) is 17.1 Å². The molecule has 7 heterocycles. The summed E-state index contributed by atoms with van der Waals surface area (Å²) in [7, 11) is 0. The number of piperazine rings is 1. The summed E-state index contributed by atoms with van der Waals surface area (Å²) < 4.78 is 66.8. The number of nitrogens with one attached hydrogen (secondary N) is 1. The van der Waals surface area contributed by atoms with E-state index in [0.29, 0.717) is 31.7 Å². The number of pyridine rings is 2. The standard InChI is InChI=1S/C33H32F4N8O2S/c34-16-9-32(6-1-7-44(32)12-16)15-47-29-20(11-38)27(43-13-17-2-3-18(14-43)40-17)25-22(41-29)8-23(45(30(25)46)24-10-33(24,36)37)19-4-5-21(35)28-26(19)42-31(39)48-28/h4-5,8,16-18,24,40H,1-3,6-7,9-10,12-15H2,(H2,39,42)/t16-,17?,18?,24?,32+/m1/s1. The highest BCUT2D eigenvalue weighted by Gasteiger charge is 2.59. The Balaban J connectivity index is 1.28. The minimum absolute atomic E-state index is 0.0106. The molecule has 1 aromatic carbocycles. The largest absolute Gasteiger partial charge is 0.475 e. The van der Waals surface area contributed by atoms with E-state index in [1.807, 2.05) is 4.90 Å². The molecule has 3 aromatic heterocycles. The molecular weight excluding hydrogens is 648 g/mol. The van der Waals surface area contributed by atoms with Crippen LogP contribution in [-0.2, 0) is 0 Å². The number of anilines is 2. The Morgan fingerprint density at radius 2 is 1.94 bits per heavy atom. The summed E-state index contributed by atoms with van der Waals surface area (Å²) in [4.78, 5) is 27.8. The third-order valence-corrected chi connectivity index (χ3v) is 11.8. The van der Waals surface area contributed by atoms with E-state index in [9.17, 15) is 27.6 Å². The predicted octanol–water partition coefficient (Wildman–Crippen LogP) is 4.74. The number of nitrogens with zero attached hydrogens (tertiary/aromatic N) is 6. The quantitative estimate of drug-likeness (QED) is 0.278. The highest BCUT2D eigenvalue weighted by molar-refractivity contribution is 7.22. The van der Waals surface area contributed by atoms with Crippen molar-refractivity contribution in [1.29, 1.82) is 5.26 Å². The average molecular weight is 681 g/mol. The van der Waals surface area contributed by atoms with E-state index in [1.165, 1.54) is 18.2 Å². The van der Waals surface area contributed by atoms with Crippen LogP contribution in [0.3, 0.4) is 0 Å². The number of aromatic nitrogens is 3. The van der Waals surface area contributed by atoms with Crippen molar-refractivity contribution in [1.82, 2.24) is 24.8 Å². The number of rotatable bonds is 6. The molecule has 5 fully saturated rings. The number of alkyl halides is 3. The topological polar surface area (TPSA) is 125 Å². The molecule has 3 unspecified atom stereocenters. The van der Waals surface area contributed by atoms with Crippen LogP contribution in [0.4, 0.5) is 28.4 Å². The number of halogens is 4. The van der Waals surface area contributed by atoms with Crippen LogP contribution in [-0.4, -0.2) is 81.9 Å². The molecule has 0 amide bonds. The van der Waals surface area contributed by atoms with Crippen molar-refractivity contribution in [3.05, 3.63) is 39.9 Å². The maximum Gasteiger partial charge on any atom is 0.270 e. The Morgan fingerprint density at radius 3 is 2.67 bits per heavy atom. The maximum absolute atomic E-state index is 14.9. The van der Waals surface area contributed by atoms with Gasteiger partial charge in [0, 0.05) is 50.1 Å². The Labute approximate surface area is 276 Å². The fraction of sp³-hybridized carbons (Fsp3) is 0.515. The monoisotopic (exact) mass is 680 g/mol. The second kappa shape index (κ2) is 10.5. The fourth-order valence-corrected chi connectivity index (χ4v) is 9.42. The average Bonchev–Trinajstić information content (AvgIpc) is 3.48. The van der Waals surface area contributed by atoms with Gasteiger partial charge >= 0.3 is 0 Å². The van der Waals surface area contributed by atoms with Gasteiger partial charge in [-0.15, -0.1) is 0 Å². The number of hydrogen-bond donors (Lipinski definition) is 2. The van der Waals surface area contributed by atoms with Crippen molar-refractivity contribution in [3.8, 4) is 23.2 Å². The molecule has 1 aliphatic carbocycles. The minimum Gasteiger partial charge on any atom is -0.475 e. The van der Waals surface area contributed by atoms with Crippen molar-refractivity contribution in [2.45, 2.75) is 74.3 Å². The number of thiazole rings is 1. The molecule has 5 atom stereocenters. The third-order valence-electron chi connectivity index (χ3n) is 10.9. The molecule has 4 aliphatic heterocycles. The summed E-state index contributed by atoms with van der Waals surface area (Å²) in [6.45, 7) is 2.21. The molecular formula is C33H32F4N8O2S. The molecule has 0 radical (unpaired) electrons. The zero-order valence-electron chi connectivity index (χ0n) is 25.8. The lowest BCUT2D eigenvalue weighted by Crippen LogP contribution is -2.51. The molecule has 1 saturated carbocycles. The first-order valence-electron chi connectivity index (χ1n) is 16.3. The van der Waals surface area contributed by atoms with Crippen molar-refractivity contribution >= 4 is 43.3 Å². The van der Waals surface area contributed by atoms with Crippen molar-refractivity contribution in [2.75, 3.05) is 43.4 Å². The number of fused-ring (bicyclic) bond motifs is 5. The molecule has 0 spiro atoms. The molecule has 15 heteroatoms. The molecule has 4 aromatic rings. The number of ether oxygens (including phenoxy) is 1. The van der Waals surface area contributed by atoms with E-state index >= 15 is 0 Å². The van der Waals surface area contributed by atoms with Gasteiger partial charge in [-0.2, -0.15) is 5.26 Å². The summed E-state index contributed by atoms with van der Waals surface area (Å²) in [5.74, 6) is -3.70. The number of benzene rings is 1. The van der Waals surface area contributed by atoms with Gasteiger partial charge in [-0.25, -0.2) is 27.5 Å². The van der Waals surface area contributed by atoms with E-state index in [2.05, 4.69) is 21.3 Å². The molecule has 250 valence electrons. The number of hydrogen-bond acceptors (Lipinski definition) is 10. The lowest BCUT2D eigenvalue weighted by Gasteiger charge is -2.36. The molecule has 10 nitrogen and oxygen atoms in total. The lowest BCUT2D eigenvalue weighted by atomic mass is 9.95. The second-order valence-corrected chi connectivity index (χ2v) is 15.0. The van der Waals surface area contributed by atoms with Crippen LogP contribution >= 0.6 is 11.3 Å². The van der Waals surface area contributed by atoms with Crippen LogP contribution in [0.15, 0.2) is 23.0 Å². The molecule has 4 saturated heterocycles. The minimum atomic E-state index is -3.14. The summed E-state index contributed by atoms with van der Waals surface area (Å²) in [6, 6.07) is 5.20. The number of nitrogens with two attached hydrogens (primary N) is 1. The van der Waals surface area contributed by atoms with Crippen LogP contribution in [0.2, 0.25) is 0 Å². The molecule has 9 rings (SSSR count). The van der Waals surface area contributed by atoms with E-state index in [-0.39, 0.29) is 67.6 Å². The number of nitrogen functional groups attached to an aromatic ring is 1. The first kappa shape index (κ1) is 30.1. The number of nitriles is 1.